The highest BCUT2D eigenvalue weighted by Gasteiger charge is 2.02. The number of hydrogen-bond donors (Lipinski definition) is 0. The van der Waals surface area contributed by atoms with E-state index in [2.05, 4.69) is 4.57 Å². The molecule has 1 aromatic rings. The molecule has 0 saturated heterocycles. The van der Waals surface area contributed by atoms with E-state index in [0.717, 1.165) is 6.54 Å². The van der Waals surface area contributed by atoms with Gasteiger partial charge in [-0.05, 0) is 6.92 Å². The quantitative estimate of drug-likeness (QED) is 0.449. The smallest absolute Gasteiger partial charge is 0.240 e. The Hall–Kier alpha value is -0.500. The molecule has 56 valence electrons. The van der Waals surface area contributed by atoms with Gasteiger partial charge in [0.25, 0.3) is 0 Å². The second-order valence-corrected chi connectivity index (χ2v) is 3.30. The second kappa shape index (κ2) is 3.06. The number of halogens is 1. The van der Waals surface area contributed by atoms with E-state index in [1.165, 1.54) is 0 Å². The predicted molar refractivity (Wildman–Crippen MR) is 40.9 cm³/mol. The van der Waals surface area contributed by atoms with Gasteiger partial charge in [0.05, 0.1) is 12.4 Å². The van der Waals surface area contributed by atoms with Gasteiger partial charge in [0.1, 0.15) is 18.9 Å². The monoisotopic (exact) mass is 159 g/mol. The molecule has 0 aliphatic rings. The molecule has 0 bridgehead atoms. The first-order valence-electron chi connectivity index (χ1n) is 3.33. The molecule has 10 heavy (non-hydrogen) atoms. The van der Waals surface area contributed by atoms with Crippen LogP contribution in [0.5, 0.6) is 0 Å². The first-order chi connectivity index (χ1) is 4.68. The summed E-state index contributed by atoms with van der Waals surface area (Å²) in [5, 5.41) is 0.201. The van der Waals surface area contributed by atoms with Crippen LogP contribution in [0.15, 0.2) is 18.7 Å². The summed E-state index contributed by atoms with van der Waals surface area (Å²) in [7, 11) is 2.00. The zero-order chi connectivity index (χ0) is 7.56. The van der Waals surface area contributed by atoms with E-state index < -0.39 is 0 Å². The number of aromatic nitrogens is 2. The summed E-state index contributed by atoms with van der Waals surface area (Å²) in [5.41, 5.74) is 0. The third-order valence-corrected chi connectivity index (χ3v) is 1.42. The molecule has 0 radical (unpaired) electrons. The van der Waals surface area contributed by atoms with E-state index in [0.29, 0.717) is 0 Å². The zero-order valence-electron chi connectivity index (χ0n) is 6.29. The molecule has 1 atom stereocenters. The summed E-state index contributed by atoms with van der Waals surface area (Å²) in [6.45, 7) is 2.87. The van der Waals surface area contributed by atoms with Gasteiger partial charge >= 0.3 is 0 Å². The van der Waals surface area contributed by atoms with Crippen molar-refractivity contribution in [3.05, 3.63) is 18.7 Å². The van der Waals surface area contributed by atoms with Gasteiger partial charge in [-0.2, -0.15) is 0 Å². The van der Waals surface area contributed by atoms with Crippen molar-refractivity contribution in [3.8, 4) is 0 Å². The fourth-order valence-corrected chi connectivity index (χ4v) is 1.06. The van der Waals surface area contributed by atoms with Gasteiger partial charge in [0.2, 0.25) is 6.33 Å². The van der Waals surface area contributed by atoms with Crippen LogP contribution >= 0.6 is 11.6 Å². The number of nitrogens with zero attached hydrogens (tertiary/aromatic N) is 2. The number of hydrogen-bond acceptors (Lipinski definition) is 0. The van der Waals surface area contributed by atoms with Gasteiger partial charge in [-0.15, -0.1) is 11.6 Å². The minimum Gasteiger partial charge on any atom is -0.240 e. The molecule has 1 unspecified atom stereocenters. The maximum absolute atomic E-state index is 5.79. The Morgan fingerprint density at radius 1 is 1.70 bits per heavy atom. The van der Waals surface area contributed by atoms with Crippen molar-refractivity contribution in [3.63, 3.8) is 0 Å². The lowest BCUT2D eigenvalue weighted by Gasteiger charge is -1.95. The molecule has 1 rings (SSSR count). The van der Waals surface area contributed by atoms with E-state index in [-0.39, 0.29) is 5.38 Å². The van der Waals surface area contributed by atoms with Crippen LogP contribution in [-0.4, -0.2) is 9.94 Å². The summed E-state index contributed by atoms with van der Waals surface area (Å²) in [6, 6.07) is 0. The molecular weight excluding hydrogens is 148 g/mol. The fourth-order valence-electron chi connectivity index (χ4n) is 0.900. The Kier molecular flexibility index (Phi) is 2.33. The number of rotatable bonds is 2. The Balaban J connectivity index is 2.58. The summed E-state index contributed by atoms with van der Waals surface area (Å²) >= 11 is 5.79. The highest BCUT2D eigenvalue weighted by Crippen LogP contribution is 1.96. The molecule has 0 spiro atoms. The molecular formula is C7H12ClN2+. The van der Waals surface area contributed by atoms with Gasteiger partial charge in [-0.1, -0.05) is 0 Å². The zero-order valence-corrected chi connectivity index (χ0v) is 7.04. The van der Waals surface area contributed by atoms with Crippen LogP contribution in [0.3, 0.4) is 0 Å². The van der Waals surface area contributed by atoms with E-state index in [1.54, 1.807) is 0 Å². The minimum atomic E-state index is 0.201. The van der Waals surface area contributed by atoms with Gasteiger partial charge in [0.15, 0.2) is 0 Å². The highest BCUT2D eigenvalue weighted by atomic mass is 35.5. The van der Waals surface area contributed by atoms with E-state index in [4.69, 9.17) is 11.6 Å². The van der Waals surface area contributed by atoms with Crippen molar-refractivity contribution in [1.82, 2.24) is 4.57 Å². The molecule has 0 aliphatic heterocycles. The summed E-state index contributed by atoms with van der Waals surface area (Å²) in [6.07, 6.45) is 6.02. The Labute approximate surface area is 66.0 Å². The third kappa shape index (κ3) is 2.03. The Bertz CT molecular complexity index is 205. The molecule has 0 fully saturated rings. The van der Waals surface area contributed by atoms with Crippen LogP contribution < -0.4 is 4.57 Å². The standard InChI is InChI=1S/C7H12ClN2/c1-7(8)5-10-4-3-9(2)6-10/h3-4,6-7H,5H2,1-2H3/q+1. The molecule has 0 saturated carbocycles. The largest absolute Gasteiger partial charge is 0.243 e. The van der Waals surface area contributed by atoms with E-state index in [9.17, 15) is 0 Å². The van der Waals surface area contributed by atoms with Crippen LogP contribution in [0.25, 0.3) is 0 Å². The highest BCUT2D eigenvalue weighted by molar-refractivity contribution is 6.20. The molecule has 2 nitrogen and oxygen atoms in total. The van der Waals surface area contributed by atoms with Gasteiger partial charge in [0, 0.05) is 0 Å². The lowest BCUT2D eigenvalue weighted by Crippen LogP contribution is -2.24. The van der Waals surface area contributed by atoms with Crippen LogP contribution in [0.2, 0.25) is 0 Å². The van der Waals surface area contributed by atoms with Gasteiger partial charge in [-0.25, -0.2) is 9.13 Å². The van der Waals surface area contributed by atoms with Crippen molar-refractivity contribution in [2.45, 2.75) is 18.8 Å². The summed E-state index contributed by atoms with van der Waals surface area (Å²) < 4.78 is 4.07. The molecule has 0 N–H and O–H groups in total. The first kappa shape index (κ1) is 7.61. The SMILES string of the molecule is CC(Cl)Cn1cc[n+](C)c1. The molecule has 1 aromatic heterocycles. The van der Waals surface area contributed by atoms with Crippen molar-refractivity contribution in [2.75, 3.05) is 0 Å². The molecule has 1 heterocycles. The predicted octanol–water partition coefficient (Wildman–Crippen LogP) is 0.940. The average Bonchev–Trinajstić information content (AvgIpc) is 2.13. The molecule has 3 heteroatoms. The van der Waals surface area contributed by atoms with E-state index >= 15 is 0 Å². The average molecular weight is 160 g/mol. The van der Waals surface area contributed by atoms with Crippen LogP contribution in [-0.2, 0) is 13.6 Å². The second-order valence-electron chi connectivity index (χ2n) is 2.56. The fraction of sp³-hybridized carbons (Fsp3) is 0.571. The van der Waals surface area contributed by atoms with Crippen LogP contribution in [0.4, 0.5) is 0 Å². The first-order valence-corrected chi connectivity index (χ1v) is 3.77. The maximum Gasteiger partial charge on any atom is 0.243 e. The minimum absolute atomic E-state index is 0.201. The van der Waals surface area contributed by atoms with Crippen LogP contribution in [0, 0.1) is 0 Å². The van der Waals surface area contributed by atoms with Gasteiger partial charge < -0.3 is 0 Å². The lowest BCUT2D eigenvalue weighted by molar-refractivity contribution is -0.671. The van der Waals surface area contributed by atoms with Crippen molar-refractivity contribution >= 4 is 11.6 Å². The topological polar surface area (TPSA) is 8.81 Å². The Morgan fingerprint density at radius 3 is 2.80 bits per heavy atom. The lowest BCUT2D eigenvalue weighted by atomic mass is 10.5. The van der Waals surface area contributed by atoms with Crippen LogP contribution in [0.1, 0.15) is 6.92 Å². The third-order valence-electron chi connectivity index (χ3n) is 1.29. The summed E-state index contributed by atoms with van der Waals surface area (Å²) in [5.74, 6) is 0. The number of aryl methyl sites for hydroxylation is 1. The molecule has 0 amide bonds. The molecule has 0 aliphatic carbocycles. The number of alkyl halides is 1. The van der Waals surface area contributed by atoms with E-state index in [1.807, 2.05) is 37.3 Å². The summed E-state index contributed by atoms with van der Waals surface area (Å²) in [4.78, 5) is 0. The van der Waals surface area contributed by atoms with Crippen molar-refractivity contribution in [2.24, 2.45) is 7.05 Å². The Morgan fingerprint density at radius 2 is 2.40 bits per heavy atom. The van der Waals surface area contributed by atoms with Crippen molar-refractivity contribution < 1.29 is 4.57 Å². The maximum atomic E-state index is 5.79. The normalized spacial score (nSPS) is 13.5. The molecule has 0 aromatic carbocycles. The van der Waals surface area contributed by atoms with Crippen molar-refractivity contribution in [1.29, 1.82) is 0 Å². The number of imidazole rings is 1. The van der Waals surface area contributed by atoms with Gasteiger partial charge in [-0.3, -0.25) is 0 Å².